The number of carbonyl (C=O) groups is 2. The number of hydrogen-bond donors (Lipinski definition) is 1. The number of nitrogens with two attached hydrogens (primary N) is 1. The first-order valence-corrected chi connectivity index (χ1v) is 11.8. The molecule has 0 spiro atoms. The molecule has 0 radical (unpaired) electrons. The second-order valence-corrected chi connectivity index (χ2v) is 8.77. The number of aromatic nitrogens is 1. The summed E-state index contributed by atoms with van der Waals surface area (Å²) >= 11 is 0. The number of piperidine rings is 1. The van der Waals surface area contributed by atoms with Crippen LogP contribution in [0.1, 0.15) is 24.8 Å². The van der Waals surface area contributed by atoms with Gasteiger partial charge in [-0.15, -0.1) is 0 Å². The highest BCUT2D eigenvalue weighted by atomic mass is 16.5. The van der Waals surface area contributed by atoms with Gasteiger partial charge in [-0.05, 0) is 30.5 Å². The number of ether oxygens (including phenoxy) is 1. The number of amides is 3. The molecular formula is C26H28N6O3. The van der Waals surface area contributed by atoms with E-state index in [0.29, 0.717) is 49.2 Å². The van der Waals surface area contributed by atoms with Crippen molar-refractivity contribution in [3.8, 4) is 5.88 Å². The minimum absolute atomic E-state index is 0.117. The van der Waals surface area contributed by atoms with E-state index in [4.69, 9.17) is 10.5 Å². The minimum atomic E-state index is -0.238. The molecule has 9 heteroatoms. The third kappa shape index (κ3) is 4.37. The van der Waals surface area contributed by atoms with E-state index in [1.165, 1.54) is 6.08 Å². The van der Waals surface area contributed by atoms with Crippen molar-refractivity contribution in [3.63, 3.8) is 0 Å². The molecular weight excluding hydrogens is 444 g/mol. The van der Waals surface area contributed by atoms with Crippen molar-refractivity contribution in [1.82, 2.24) is 14.8 Å². The quantitative estimate of drug-likeness (QED) is 0.651. The first-order chi connectivity index (χ1) is 17.1. The lowest BCUT2D eigenvalue weighted by Gasteiger charge is -2.39. The van der Waals surface area contributed by atoms with Gasteiger partial charge in [-0.2, -0.15) is 0 Å². The molecule has 2 N–H and O–H groups in total. The molecule has 0 saturated carbocycles. The number of pyridine rings is 1. The highest BCUT2D eigenvalue weighted by Gasteiger charge is 2.48. The van der Waals surface area contributed by atoms with Gasteiger partial charge in [0.1, 0.15) is 12.4 Å². The van der Waals surface area contributed by atoms with Crippen LogP contribution in [0.5, 0.6) is 5.88 Å². The van der Waals surface area contributed by atoms with Gasteiger partial charge >= 0.3 is 6.03 Å². The number of urea groups is 1. The first-order valence-electron chi connectivity index (χ1n) is 11.8. The topological polar surface area (TPSA) is 104 Å². The number of anilines is 1. The van der Waals surface area contributed by atoms with Gasteiger partial charge in [0.25, 0.3) is 0 Å². The van der Waals surface area contributed by atoms with Crippen molar-refractivity contribution in [2.45, 2.75) is 38.0 Å². The maximum Gasteiger partial charge on any atom is 0.329 e. The Hall–Kier alpha value is -4.14. The zero-order valence-corrected chi connectivity index (χ0v) is 19.4. The number of aliphatic imine (C=N–C) groups is 1. The summed E-state index contributed by atoms with van der Waals surface area (Å²) in [6.07, 6.45) is 6.89. The van der Waals surface area contributed by atoms with Crippen LogP contribution >= 0.6 is 0 Å². The van der Waals surface area contributed by atoms with Crippen molar-refractivity contribution < 1.29 is 14.3 Å². The molecule has 0 aliphatic carbocycles. The highest BCUT2D eigenvalue weighted by molar-refractivity contribution is 6.00. The summed E-state index contributed by atoms with van der Waals surface area (Å²) in [7, 11) is 0. The van der Waals surface area contributed by atoms with Crippen LogP contribution in [0.15, 0.2) is 77.8 Å². The number of carbonyl (C=O) groups excluding carboxylic acids is 2. The van der Waals surface area contributed by atoms with Crippen molar-refractivity contribution in [3.05, 3.63) is 78.4 Å². The van der Waals surface area contributed by atoms with E-state index < -0.39 is 0 Å². The number of fused-ring (bicyclic) bond motifs is 1. The molecule has 2 fully saturated rings. The molecule has 4 heterocycles. The van der Waals surface area contributed by atoms with Gasteiger partial charge in [0.15, 0.2) is 0 Å². The van der Waals surface area contributed by atoms with Gasteiger partial charge in [0.05, 0.1) is 29.7 Å². The number of benzene rings is 1. The Bertz CT molecular complexity index is 1180. The summed E-state index contributed by atoms with van der Waals surface area (Å²) in [5.41, 5.74) is 8.58. The summed E-state index contributed by atoms with van der Waals surface area (Å²) in [4.78, 5) is 39.9. The van der Waals surface area contributed by atoms with Crippen LogP contribution in [0.25, 0.3) is 0 Å². The van der Waals surface area contributed by atoms with Crippen LogP contribution in [0.4, 0.5) is 10.5 Å². The maximum absolute atomic E-state index is 13.8. The Morgan fingerprint density at radius 3 is 2.80 bits per heavy atom. The van der Waals surface area contributed by atoms with E-state index in [0.717, 1.165) is 18.4 Å². The smallest absolute Gasteiger partial charge is 0.329 e. The average molecular weight is 473 g/mol. The van der Waals surface area contributed by atoms with Crippen molar-refractivity contribution >= 4 is 23.8 Å². The molecule has 2 aromatic rings. The Morgan fingerprint density at radius 1 is 1.23 bits per heavy atom. The van der Waals surface area contributed by atoms with Crippen molar-refractivity contribution in [2.75, 3.05) is 18.0 Å². The maximum atomic E-state index is 13.8. The average Bonchev–Trinajstić information content (AvgIpc) is 3.21. The normalized spacial score (nSPS) is 21.8. The third-order valence-corrected chi connectivity index (χ3v) is 6.61. The molecule has 3 aliphatic rings. The number of rotatable bonds is 6. The Balaban J connectivity index is 1.38. The fraction of sp³-hybridized carbons (Fsp3) is 0.308. The lowest BCUT2D eigenvalue weighted by molar-refractivity contribution is -0.127. The number of hydrogen-bond acceptors (Lipinski definition) is 6. The highest BCUT2D eigenvalue weighted by Crippen LogP contribution is 2.38. The third-order valence-electron chi connectivity index (χ3n) is 6.61. The van der Waals surface area contributed by atoms with Gasteiger partial charge in [-0.3, -0.25) is 9.69 Å². The first kappa shape index (κ1) is 22.6. The molecule has 2 unspecified atom stereocenters. The standard InChI is InChI=1S/C26H28N6O3/c1-2-23(33)30-14-6-9-20(16-30)31-21-12-13-28-25(27)24(21)32(26(31)34)19-10-11-22(29-15-19)35-17-18-7-4-3-5-8-18/h2-5,7-8,10-11,13,15,20-21H,1,6,9,12,14,16-17,27H2. The SMILES string of the molecule is C=CC(=O)N1CCCC(N2C(=O)N(c3ccc(OCc4ccccc4)nc3)C3=C(N)N=CCC32)C1. The molecule has 35 heavy (non-hydrogen) atoms. The molecule has 1 aromatic carbocycles. The van der Waals surface area contributed by atoms with Crippen LogP contribution in [0.3, 0.4) is 0 Å². The zero-order chi connectivity index (χ0) is 24.4. The molecule has 5 rings (SSSR count). The lowest BCUT2D eigenvalue weighted by Crippen LogP contribution is -2.53. The zero-order valence-electron chi connectivity index (χ0n) is 19.4. The summed E-state index contributed by atoms with van der Waals surface area (Å²) in [6, 6.07) is 12.9. The number of likely N-dealkylation sites (tertiary alicyclic amines) is 1. The monoisotopic (exact) mass is 472 g/mol. The Kier molecular flexibility index (Phi) is 6.22. The lowest BCUT2D eigenvalue weighted by atomic mass is 10.0. The number of nitrogens with zero attached hydrogens (tertiary/aromatic N) is 5. The molecule has 9 nitrogen and oxygen atoms in total. The summed E-state index contributed by atoms with van der Waals surface area (Å²) in [5.74, 6) is 0.664. The Morgan fingerprint density at radius 2 is 2.06 bits per heavy atom. The van der Waals surface area contributed by atoms with Crippen molar-refractivity contribution in [1.29, 1.82) is 0 Å². The molecule has 2 atom stereocenters. The second kappa shape index (κ2) is 9.61. The van der Waals surface area contributed by atoms with Crippen molar-refractivity contribution in [2.24, 2.45) is 10.7 Å². The van der Waals surface area contributed by atoms with E-state index in [1.807, 2.05) is 35.2 Å². The summed E-state index contributed by atoms with van der Waals surface area (Å²) in [6.45, 7) is 5.14. The molecule has 180 valence electrons. The molecule has 0 bridgehead atoms. The van der Waals surface area contributed by atoms with Crippen LogP contribution in [-0.4, -0.2) is 58.1 Å². The van der Waals surface area contributed by atoms with Gasteiger partial charge in [0, 0.05) is 31.8 Å². The largest absolute Gasteiger partial charge is 0.473 e. The van der Waals surface area contributed by atoms with Gasteiger partial charge in [-0.1, -0.05) is 36.9 Å². The van der Waals surface area contributed by atoms with E-state index in [-0.39, 0.29) is 24.0 Å². The fourth-order valence-corrected chi connectivity index (χ4v) is 4.95. The van der Waals surface area contributed by atoms with E-state index in [2.05, 4.69) is 16.6 Å². The van der Waals surface area contributed by atoms with Gasteiger partial charge in [0.2, 0.25) is 11.8 Å². The molecule has 3 aliphatic heterocycles. The summed E-state index contributed by atoms with van der Waals surface area (Å²) < 4.78 is 5.79. The van der Waals surface area contributed by atoms with Crippen LogP contribution in [0.2, 0.25) is 0 Å². The van der Waals surface area contributed by atoms with Crippen LogP contribution in [0, 0.1) is 0 Å². The summed E-state index contributed by atoms with van der Waals surface area (Å²) in [5, 5.41) is 0. The predicted octanol–water partition coefficient (Wildman–Crippen LogP) is 3.05. The molecule has 2 saturated heterocycles. The van der Waals surface area contributed by atoms with Gasteiger partial charge in [-0.25, -0.2) is 14.8 Å². The predicted molar refractivity (Wildman–Crippen MR) is 133 cm³/mol. The molecule has 1 aromatic heterocycles. The fourth-order valence-electron chi connectivity index (χ4n) is 4.95. The van der Waals surface area contributed by atoms with Gasteiger partial charge < -0.3 is 20.3 Å². The van der Waals surface area contributed by atoms with Crippen LogP contribution in [-0.2, 0) is 11.4 Å². The Labute approximate surface area is 204 Å². The molecule has 3 amide bonds. The van der Waals surface area contributed by atoms with E-state index in [9.17, 15) is 9.59 Å². The minimum Gasteiger partial charge on any atom is -0.473 e. The second-order valence-electron chi connectivity index (χ2n) is 8.77. The van der Waals surface area contributed by atoms with Crippen LogP contribution < -0.4 is 15.4 Å². The van der Waals surface area contributed by atoms with E-state index in [1.54, 1.807) is 34.3 Å². The van der Waals surface area contributed by atoms with E-state index >= 15 is 0 Å².